The number of rotatable bonds is 8. The van der Waals surface area contributed by atoms with E-state index in [4.69, 9.17) is 14.2 Å². The van der Waals surface area contributed by atoms with Gasteiger partial charge in [-0.05, 0) is 64.0 Å². The van der Waals surface area contributed by atoms with Crippen LogP contribution in [0.5, 0.6) is 5.75 Å². The van der Waals surface area contributed by atoms with Crippen LogP contribution < -0.4 is 10.1 Å². The van der Waals surface area contributed by atoms with Gasteiger partial charge in [-0.25, -0.2) is 19.2 Å². The molecule has 1 aliphatic rings. The average molecular weight is 471 g/mol. The van der Waals surface area contributed by atoms with E-state index in [0.29, 0.717) is 42.9 Å². The lowest BCUT2D eigenvalue weighted by atomic mass is 10.0. The molecule has 1 saturated heterocycles. The third-order valence-electron chi connectivity index (χ3n) is 5.52. The van der Waals surface area contributed by atoms with Crippen molar-refractivity contribution in [2.24, 2.45) is 0 Å². The zero-order valence-electron chi connectivity index (χ0n) is 19.7. The maximum atomic E-state index is 13.9. The van der Waals surface area contributed by atoms with Crippen molar-refractivity contribution >= 4 is 18.0 Å². The van der Waals surface area contributed by atoms with Gasteiger partial charge < -0.3 is 19.5 Å². The van der Waals surface area contributed by atoms with Crippen molar-refractivity contribution in [2.45, 2.75) is 32.7 Å². The van der Waals surface area contributed by atoms with Crippen molar-refractivity contribution in [1.82, 2.24) is 20.0 Å². The van der Waals surface area contributed by atoms with Crippen LogP contribution >= 0.6 is 0 Å². The first kappa shape index (κ1) is 25.0. The molecule has 0 bridgehead atoms. The van der Waals surface area contributed by atoms with Gasteiger partial charge in [-0.15, -0.1) is 0 Å². The summed E-state index contributed by atoms with van der Waals surface area (Å²) in [6.07, 6.45) is 1.83. The lowest BCUT2D eigenvalue weighted by molar-refractivity contribution is 0.0516. The molecule has 182 valence electrons. The highest BCUT2D eigenvalue weighted by molar-refractivity contribution is 6.05. The minimum absolute atomic E-state index is 0.00531. The smallest absolute Gasteiger partial charge is 0.417 e. The molecule has 0 aliphatic carbocycles. The highest BCUT2D eigenvalue weighted by Gasteiger charge is 2.37. The number of piperidine rings is 1. The highest BCUT2D eigenvalue weighted by atomic mass is 16.6. The third kappa shape index (κ3) is 5.28. The van der Waals surface area contributed by atoms with Gasteiger partial charge in [0.05, 0.1) is 19.4 Å². The van der Waals surface area contributed by atoms with Crippen LogP contribution in [0.25, 0.3) is 5.69 Å². The molecular formula is C24H30N4O6. The summed E-state index contributed by atoms with van der Waals surface area (Å²) in [7, 11) is 1.55. The first-order chi connectivity index (χ1) is 16.4. The molecule has 1 N–H and O–H groups in total. The van der Waals surface area contributed by atoms with Crippen molar-refractivity contribution in [1.29, 1.82) is 0 Å². The van der Waals surface area contributed by atoms with E-state index in [0.717, 1.165) is 4.90 Å². The molecule has 2 aromatic rings. The summed E-state index contributed by atoms with van der Waals surface area (Å²) >= 11 is 0. The van der Waals surface area contributed by atoms with Crippen LogP contribution in [-0.4, -0.2) is 72.1 Å². The number of nitrogens with zero attached hydrogens (tertiary/aromatic N) is 3. The van der Waals surface area contributed by atoms with E-state index < -0.39 is 18.0 Å². The summed E-state index contributed by atoms with van der Waals surface area (Å²) in [5.74, 6) is -0.628. The van der Waals surface area contributed by atoms with E-state index in [-0.39, 0.29) is 30.6 Å². The normalized spacial score (nSPS) is 13.7. The fourth-order valence-corrected chi connectivity index (χ4v) is 3.83. The fourth-order valence-electron chi connectivity index (χ4n) is 3.83. The fraction of sp³-hybridized carbons (Fsp3) is 0.417. The second-order valence-electron chi connectivity index (χ2n) is 7.67. The Hall–Kier alpha value is -3.66. The number of carbonyl (C=O) groups excluding carboxylic acids is 3. The predicted octanol–water partition coefficient (Wildman–Crippen LogP) is 2.88. The van der Waals surface area contributed by atoms with Gasteiger partial charge in [-0.1, -0.05) is 12.7 Å². The van der Waals surface area contributed by atoms with E-state index in [9.17, 15) is 14.4 Å². The molecular weight excluding hydrogens is 440 g/mol. The summed E-state index contributed by atoms with van der Waals surface area (Å²) in [4.78, 5) is 40.6. The minimum atomic E-state index is -0.767. The van der Waals surface area contributed by atoms with Crippen LogP contribution in [-0.2, 0) is 9.47 Å². The monoisotopic (exact) mass is 470 g/mol. The molecule has 1 fully saturated rings. The Kier molecular flexibility index (Phi) is 8.42. The number of nitrogens with one attached hydrogen (secondary N) is 1. The summed E-state index contributed by atoms with van der Waals surface area (Å²) < 4.78 is 17.0. The third-order valence-corrected chi connectivity index (χ3v) is 5.52. The molecule has 3 rings (SSSR count). The van der Waals surface area contributed by atoms with Gasteiger partial charge in [0.2, 0.25) is 0 Å². The summed E-state index contributed by atoms with van der Waals surface area (Å²) in [5.41, 5.74) is 0.926. The second kappa shape index (κ2) is 11.5. The molecule has 0 atom stereocenters. The highest BCUT2D eigenvalue weighted by Crippen LogP contribution is 2.25. The van der Waals surface area contributed by atoms with Gasteiger partial charge in [0, 0.05) is 11.6 Å². The maximum absolute atomic E-state index is 13.9. The Morgan fingerprint density at radius 2 is 1.88 bits per heavy atom. The van der Waals surface area contributed by atoms with Gasteiger partial charge in [-0.2, -0.15) is 5.10 Å². The minimum Gasteiger partial charge on any atom is -0.497 e. The molecule has 1 aromatic carbocycles. The van der Waals surface area contributed by atoms with Crippen molar-refractivity contribution in [2.75, 3.05) is 33.4 Å². The molecule has 10 heteroatoms. The second-order valence-corrected chi connectivity index (χ2v) is 7.67. The molecule has 10 nitrogen and oxygen atoms in total. The quantitative estimate of drug-likeness (QED) is 0.463. The van der Waals surface area contributed by atoms with Crippen molar-refractivity contribution < 1.29 is 28.6 Å². The number of hydrogen-bond acceptors (Lipinski definition) is 8. The zero-order chi connectivity index (χ0) is 24.7. The first-order valence-electron chi connectivity index (χ1n) is 11.2. The molecule has 34 heavy (non-hydrogen) atoms. The van der Waals surface area contributed by atoms with Crippen LogP contribution in [0.15, 0.2) is 36.9 Å². The van der Waals surface area contributed by atoms with E-state index in [1.807, 2.05) is 0 Å². The van der Waals surface area contributed by atoms with Crippen LogP contribution in [0.3, 0.4) is 0 Å². The molecule has 2 amide bonds. The Morgan fingerprint density at radius 3 is 2.47 bits per heavy atom. The van der Waals surface area contributed by atoms with Gasteiger partial charge in [-0.3, -0.25) is 4.79 Å². The molecule has 0 unspecified atom stereocenters. The molecule has 1 aromatic heterocycles. The van der Waals surface area contributed by atoms with Crippen molar-refractivity contribution in [3.8, 4) is 11.4 Å². The van der Waals surface area contributed by atoms with E-state index in [2.05, 4.69) is 17.0 Å². The molecule has 0 spiro atoms. The Morgan fingerprint density at radius 1 is 1.21 bits per heavy atom. The number of aromatic nitrogens is 2. The number of imide groups is 1. The number of benzene rings is 1. The number of methoxy groups -OCH3 is 1. The number of amides is 2. The molecule has 0 saturated carbocycles. The number of carbonyl (C=O) groups is 3. The van der Waals surface area contributed by atoms with E-state index in [1.165, 1.54) is 10.8 Å². The Bertz CT molecular complexity index is 1040. The number of esters is 1. The van der Waals surface area contributed by atoms with Gasteiger partial charge in [0.25, 0.3) is 5.91 Å². The number of hydrogen-bond donors (Lipinski definition) is 1. The lowest BCUT2D eigenvalue weighted by Gasteiger charge is -2.32. The van der Waals surface area contributed by atoms with E-state index in [1.54, 1.807) is 45.2 Å². The van der Waals surface area contributed by atoms with Crippen LogP contribution in [0.1, 0.15) is 46.3 Å². The zero-order valence-corrected chi connectivity index (χ0v) is 19.7. The summed E-state index contributed by atoms with van der Waals surface area (Å²) in [6.45, 7) is 8.32. The largest absolute Gasteiger partial charge is 0.497 e. The van der Waals surface area contributed by atoms with Gasteiger partial charge >= 0.3 is 12.1 Å². The maximum Gasteiger partial charge on any atom is 0.417 e. The van der Waals surface area contributed by atoms with Crippen molar-refractivity contribution in [3.05, 3.63) is 53.9 Å². The SMILES string of the molecule is C=CCOC(=O)N(C(=O)c1c(C)c(C(=O)OCC)nn1-c1ccc(OC)cc1)C1CCNCC1. The first-order valence-corrected chi connectivity index (χ1v) is 11.2. The summed E-state index contributed by atoms with van der Waals surface area (Å²) in [6, 6.07) is 6.49. The Balaban J connectivity index is 2.12. The topological polar surface area (TPSA) is 112 Å². The van der Waals surface area contributed by atoms with Gasteiger partial charge in [0.15, 0.2) is 5.69 Å². The van der Waals surface area contributed by atoms with Crippen LogP contribution in [0.4, 0.5) is 4.79 Å². The Labute approximate surface area is 198 Å². The summed E-state index contributed by atoms with van der Waals surface area (Å²) in [5, 5.41) is 7.62. The lowest BCUT2D eigenvalue weighted by Crippen LogP contribution is -2.50. The van der Waals surface area contributed by atoms with Crippen molar-refractivity contribution in [3.63, 3.8) is 0 Å². The molecule has 0 radical (unpaired) electrons. The molecule has 2 heterocycles. The van der Waals surface area contributed by atoms with Crippen LogP contribution in [0, 0.1) is 6.92 Å². The number of ether oxygens (including phenoxy) is 3. The standard InChI is InChI=1S/C24H30N4O6/c1-5-15-34-24(31)27(17-11-13-25-14-12-17)22(29)21-16(3)20(23(30)33-6-2)26-28(21)18-7-9-19(32-4)10-8-18/h5,7-10,17,25H,1,6,11-15H2,2-4H3. The van der Waals surface area contributed by atoms with Crippen LogP contribution in [0.2, 0.25) is 0 Å². The van der Waals surface area contributed by atoms with E-state index >= 15 is 0 Å². The predicted molar refractivity (Wildman–Crippen MR) is 124 cm³/mol. The molecule has 1 aliphatic heterocycles. The average Bonchev–Trinajstić information content (AvgIpc) is 3.20. The van der Waals surface area contributed by atoms with Gasteiger partial charge in [0.1, 0.15) is 18.1 Å².